The van der Waals surface area contributed by atoms with E-state index in [2.05, 4.69) is 33.8 Å². The molecule has 1 aromatic carbocycles. The van der Waals surface area contributed by atoms with Crippen LogP contribution in [0.2, 0.25) is 0 Å². The molecule has 2 aromatic rings. The van der Waals surface area contributed by atoms with E-state index < -0.39 is 9.84 Å². The highest BCUT2D eigenvalue weighted by Gasteiger charge is 2.30. The number of benzene rings is 1. The van der Waals surface area contributed by atoms with E-state index in [1.54, 1.807) is 12.1 Å². The van der Waals surface area contributed by atoms with Crippen LogP contribution in [-0.2, 0) is 9.84 Å². The summed E-state index contributed by atoms with van der Waals surface area (Å²) in [6.07, 6.45) is 1.25. The number of nitrogens with zero attached hydrogens (tertiary/aromatic N) is 4. The van der Waals surface area contributed by atoms with Crippen LogP contribution in [0.25, 0.3) is 0 Å². The van der Waals surface area contributed by atoms with Crippen molar-refractivity contribution in [3.63, 3.8) is 0 Å². The summed E-state index contributed by atoms with van der Waals surface area (Å²) < 4.78 is 23.7. The molecule has 0 unspecified atom stereocenters. The van der Waals surface area contributed by atoms with Gasteiger partial charge in [-0.2, -0.15) is 5.10 Å². The number of hydrogen-bond acceptors (Lipinski definition) is 6. The molecule has 0 amide bonds. The lowest BCUT2D eigenvalue weighted by molar-refractivity contribution is 0.415. The van der Waals surface area contributed by atoms with Crippen LogP contribution in [-0.4, -0.2) is 50.5 Å². The Balaban J connectivity index is 1.85. The van der Waals surface area contributed by atoms with Gasteiger partial charge in [-0.3, -0.25) is 0 Å². The number of sulfone groups is 1. The van der Waals surface area contributed by atoms with E-state index in [4.69, 9.17) is 0 Å². The molecule has 6 nitrogen and oxygen atoms in total. The first-order valence-corrected chi connectivity index (χ1v) is 10.8. The summed E-state index contributed by atoms with van der Waals surface area (Å²) in [6.45, 7) is 8.80. The number of anilines is 2. The molecule has 0 N–H and O–H groups in total. The van der Waals surface area contributed by atoms with E-state index in [0.29, 0.717) is 10.8 Å². The minimum atomic E-state index is -3.21. The fourth-order valence-corrected chi connectivity index (χ4v) is 4.02. The summed E-state index contributed by atoms with van der Waals surface area (Å²) in [5, 5.41) is 8.55. The van der Waals surface area contributed by atoms with E-state index in [-0.39, 0.29) is 6.04 Å². The molecule has 1 aliphatic rings. The average molecular weight is 375 g/mol. The van der Waals surface area contributed by atoms with Crippen LogP contribution in [0.15, 0.2) is 41.3 Å². The number of aromatic nitrogens is 2. The van der Waals surface area contributed by atoms with E-state index in [0.717, 1.165) is 36.8 Å². The van der Waals surface area contributed by atoms with E-state index in [9.17, 15) is 8.42 Å². The van der Waals surface area contributed by atoms with Crippen molar-refractivity contribution >= 4 is 21.3 Å². The van der Waals surface area contributed by atoms with Crippen LogP contribution in [0.3, 0.4) is 0 Å². The third-order valence-electron chi connectivity index (χ3n) is 4.88. The van der Waals surface area contributed by atoms with Gasteiger partial charge in [0.15, 0.2) is 15.7 Å². The van der Waals surface area contributed by atoms with Gasteiger partial charge in [0.25, 0.3) is 0 Å². The van der Waals surface area contributed by atoms with Gasteiger partial charge in [-0.1, -0.05) is 19.9 Å². The quantitative estimate of drug-likeness (QED) is 0.819. The van der Waals surface area contributed by atoms with Crippen molar-refractivity contribution in [2.24, 2.45) is 5.92 Å². The molecule has 0 radical (unpaired) electrons. The fourth-order valence-electron chi connectivity index (χ4n) is 3.36. The molecule has 7 heteroatoms. The van der Waals surface area contributed by atoms with Crippen molar-refractivity contribution in [1.29, 1.82) is 0 Å². The molecule has 0 bridgehead atoms. The Labute approximate surface area is 155 Å². The molecule has 1 fully saturated rings. The largest absolute Gasteiger partial charge is 0.368 e. The predicted molar refractivity (Wildman–Crippen MR) is 105 cm³/mol. The van der Waals surface area contributed by atoms with Crippen molar-refractivity contribution in [2.75, 3.05) is 35.7 Å². The maximum absolute atomic E-state index is 11.9. The molecule has 1 saturated heterocycles. The Morgan fingerprint density at radius 1 is 1.12 bits per heavy atom. The van der Waals surface area contributed by atoms with Gasteiger partial charge < -0.3 is 9.80 Å². The standard InChI is InChI=1S/C19H26N4O2S/c1-14(2)18-13-22(16-6-5-7-17(12-16)26(4,24)25)10-11-23(18)19-9-8-15(3)20-21-19/h5-9,12,14,18H,10-11,13H2,1-4H3/t18-/m0/s1. The SMILES string of the molecule is Cc1ccc(N2CCN(c3cccc(S(C)(=O)=O)c3)C[C@H]2C(C)C)nn1. The zero-order chi connectivity index (χ0) is 18.9. The zero-order valence-electron chi connectivity index (χ0n) is 15.8. The highest BCUT2D eigenvalue weighted by atomic mass is 32.2. The van der Waals surface area contributed by atoms with Crippen LogP contribution >= 0.6 is 0 Å². The normalized spacial score (nSPS) is 18.4. The van der Waals surface area contributed by atoms with Gasteiger partial charge in [0, 0.05) is 31.6 Å². The maximum Gasteiger partial charge on any atom is 0.175 e. The van der Waals surface area contributed by atoms with Gasteiger partial charge in [-0.25, -0.2) is 8.42 Å². The zero-order valence-corrected chi connectivity index (χ0v) is 16.6. The molecule has 0 saturated carbocycles. The van der Waals surface area contributed by atoms with Crippen molar-refractivity contribution in [3.8, 4) is 0 Å². The Bertz CT molecular complexity index is 865. The summed E-state index contributed by atoms with van der Waals surface area (Å²) in [5.74, 6) is 1.33. The van der Waals surface area contributed by atoms with Crippen LogP contribution in [0.5, 0.6) is 0 Å². The Morgan fingerprint density at radius 3 is 2.50 bits per heavy atom. The third kappa shape index (κ3) is 3.98. The average Bonchev–Trinajstić information content (AvgIpc) is 2.61. The van der Waals surface area contributed by atoms with Gasteiger partial charge in [0.05, 0.1) is 16.6 Å². The summed E-state index contributed by atoms with van der Waals surface area (Å²) in [5.41, 5.74) is 1.86. The molecular weight excluding hydrogens is 348 g/mol. The highest BCUT2D eigenvalue weighted by molar-refractivity contribution is 7.90. The topological polar surface area (TPSA) is 66.4 Å². The lowest BCUT2D eigenvalue weighted by Crippen LogP contribution is -2.56. The van der Waals surface area contributed by atoms with Crippen LogP contribution in [0, 0.1) is 12.8 Å². The number of piperazine rings is 1. The summed E-state index contributed by atoms with van der Waals surface area (Å²) in [4.78, 5) is 4.94. The molecule has 140 valence electrons. The molecule has 0 aliphatic carbocycles. The van der Waals surface area contributed by atoms with Gasteiger partial charge >= 0.3 is 0 Å². The second-order valence-electron chi connectivity index (χ2n) is 7.25. The Morgan fingerprint density at radius 2 is 1.88 bits per heavy atom. The fraction of sp³-hybridized carbons (Fsp3) is 0.474. The van der Waals surface area contributed by atoms with Crippen LogP contribution in [0.4, 0.5) is 11.5 Å². The molecular formula is C19H26N4O2S. The summed E-state index contributed by atoms with van der Waals surface area (Å²) >= 11 is 0. The molecule has 1 atom stereocenters. The molecule has 1 aliphatic heterocycles. The van der Waals surface area contributed by atoms with Crippen molar-refractivity contribution in [2.45, 2.75) is 31.7 Å². The minimum absolute atomic E-state index is 0.280. The van der Waals surface area contributed by atoms with Crippen LogP contribution < -0.4 is 9.80 Å². The highest BCUT2D eigenvalue weighted by Crippen LogP contribution is 2.27. The first kappa shape index (κ1) is 18.6. The Kier molecular flexibility index (Phi) is 5.18. The van der Waals surface area contributed by atoms with Gasteiger partial charge in [-0.05, 0) is 43.2 Å². The molecule has 1 aromatic heterocycles. The first-order valence-electron chi connectivity index (χ1n) is 8.88. The van der Waals surface area contributed by atoms with E-state index in [1.165, 1.54) is 6.26 Å². The molecule has 2 heterocycles. The van der Waals surface area contributed by atoms with E-state index in [1.807, 2.05) is 31.2 Å². The molecule has 0 spiro atoms. The number of rotatable bonds is 4. The molecule has 3 rings (SSSR count). The monoisotopic (exact) mass is 374 g/mol. The first-order chi connectivity index (χ1) is 12.3. The smallest absolute Gasteiger partial charge is 0.175 e. The van der Waals surface area contributed by atoms with Gasteiger partial charge in [0.2, 0.25) is 0 Å². The van der Waals surface area contributed by atoms with Gasteiger partial charge in [-0.15, -0.1) is 5.10 Å². The van der Waals surface area contributed by atoms with Crippen molar-refractivity contribution in [3.05, 3.63) is 42.1 Å². The maximum atomic E-state index is 11.9. The van der Waals surface area contributed by atoms with Crippen LogP contribution in [0.1, 0.15) is 19.5 Å². The second-order valence-corrected chi connectivity index (χ2v) is 9.27. The van der Waals surface area contributed by atoms with Crippen molar-refractivity contribution in [1.82, 2.24) is 10.2 Å². The predicted octanol–water partition coefficient (Wildman–Crippen LogP) is 2.54. The summed E-state index contributed by atoms with van der Waals surface area (Å²) in [6, 6.07) is 11.5. The minimum Gasteiger partial charge on any atom is -0.368 e. The lowest BCUT2D eigenvalue weighted by Gasteiger charge is -2.44. The lowest BCUT2D eigenvalue weighted by atomic mass is 9.99. The number of aryl methyl sites for hydroxylation is 1. The second kappa shape index (κ2) is 7.23. The summed E-state index contributed by atoms with van der Waals surface area (Å²) in [7, 11) is -3.21. The van der Waals surface area contributed by atoms with Gasteiger partial charge in [0.1, 0.15) is 0 Å². The number of hydrogen-bond donors (Lipinski definition) is 0. The Hall–Kier alpha value is -2.15. The van der Waals surface area contributed by atoms with Crippen molar-refractivity contribution < 1.29 is 8.42 Å². The third-order valence-corrected chi connectivity index (χ3v) is 5.99. The molecule has 26 heavy (non-hydrogen) atoms. The van der Waals surface area contributed by atoms with E-state index >= 15 is 0 Å².